The number of piperidine rings is 1. The number of carbonyl (C=O) groups excluding carboxylic acids is 1. The largest absolute Gasteiger partial charge is 0.379 e. The molecular weight excluding hydrogens is 356 g/mol. The van der Waals surface area contributed by atoms with Crippen molar-refractivity contribution >= 4 is 21.7 Å². The lowest BCUT2D eigenvalue weighted by Gasteiger charge is -2.36. The quantitative estimate of drug-likeness (QED) is 0.750. The Morgan fingerprint density at radius 2 is 1.96 bits per heavy atom. The standard InChI is InChI=1S/C17H26N4O4S/c1-19(2)16-6-5-14(12-18-16)17(22)20-7-3-4-15(13-20)26(23,24)21-8-10-25-11-9-21/h5-6,12,15H,3-4,7-11,13H2,1-2H3. The van der Waals surface area contributed by atoms with Crippen molar-refractivity contribution in [1.82, 2.24) is 14.2 Å². The fourth-order valence-electron chi connectivity index (χ4n) is 3.34. The van der Waals surface area contributed by atoms with Gasteiger partial charge in [0, 0.05) is 46.5 Å². The van der Waals surface area contributed by atoms with Crippen LogP contribution in [0.15, 0.2) is 18.3 Å². The molecule has 2 aliphatic heterocycles. The zero-order valence-electron chi connectivity index (χ0n) is 15.3. The maximum absolute atomic E-state index is 12.9. The molecule has 1 aromatic rings. The summed E-state index contributed by atoms with van der Waals surface area (Å²) in [4.78, 5) is 20.5. The van der Waals surface area contributed by atoms with Crippen molar-refractivity contribution in [2.75, 3.05) is 58.4 Å². The number of pyridine rings is 1. The second-order valence-corrected chi connectivity index (χ2v) is 9.08. The molecule has 3 heterocycles. The molecule has 0 bridgehead atoms. The van der Waals surface area contributed by atoms with Crippen molar-refractivity contribution in [2.45, 2.75) is 18.1 Å². The Labute approximate surface area is 154 Å². The van der Waals surface area contributed by atoms with Gasteiger partial charge in [0.25, 0.3) is 5.91 Å². The lowest BCUT2D eigenvalue weighted by molar-refractivity contribution is 0.0685. The molecule has 2 saturated heterocycles. The van der Waals surface area contributed by atoms with E-state index in [1.165, 1.54) is 4.31 Å². The van der Waals surface area contributed by atoms with Gasteiger partial charge in [0.05, 0.1) is 24.0 Å². The zero-order valence-corrected chi connectivity index (χ0v) is 16.1. The average Bonchev–Trinajstić information content (AvgIpc) is 2.68. The molecule has 9 heteroatoms. The zero-order chi connectivity index (χ0) is 18.7. The van der Waals surface area contributed by atoms with Crippen molar-refractivity contribution in [3.63, 3.8) is 0 Å². The van der Waals surface area contributed by atoms with Crippen LogP contribution in [0.4, 0.5) is 5.82 Å². The van der Waals surface area contributed by atoms with E-state index >= 15 is 0 Å². The van der Waals surface area contributed by atoms with Gasteiger partial charge in [0.1, 0.15) is 5.82 Å². The predicted octanol–water partition coefficient (Wildman–Crippen LogP) is 0.414. The van der Waals surface area contributed by atoms with Crippen molar-refractivity contribution < 1.29 is 17.9 Å². The topological polar surface area (TPSA) is 83.1 Å². The minimum atomic E-state index is -3.41. The summed E-state index contributed by atoms with van der Waals surface area (Å²) in [5.41, 5.74) is 0.486. The van der Waals surface area contributed by atoms with Crippen LogP contribution in [0.5, 0.6) is 0 Å². The van der Waals surface area contributed by atoms with Gasteiger partial charge in [-0.2, -0.15) is 4.31 Å². The van der Waals surface area contributed by atoms with Crippen molar-refractivity contribution in [3.8, 4) is 0 Å². The fourth-order valence-corrected chi connectivity index (χ4v) is 5.25. The Kier molecular flexibility index (Phi) is 5.79. The number of aromatic nitrogens is 1. The molecule has 26 heavy (non-hydrogen) atoms. The molecule has 0 N–H and O–H groups in total. The van der Waals surface area contributed by atoms with Crippen LogP contribution in [-0.2, 0) is 14.8 Å². The van der Waals surface area contributed by atoms with E-state index < -0.39 is 15.3 Å². The van der Waals surface area contributed by atoms with Gasteiger partial charge in [-0.05, 0) is 25.0 Å². The monoisotopic (exact) mass is 382 g/mol. The van der Waals surface area contributed by atoms with E-state index in [0.717, 1.165) is 5.82 Å². The molecule has 0 spiro atoms. The Hall–Kier alpha value is -1.71. The number of amides is 1. The van der Waals surface area contributed by atoms with Crippen LogP contribution < -0.4 is 4.90 Å². The highest BCUT2D eigenvalue weighted by Gasteiger charge is 2.37. The summed E-state index contributed by atoms with van der Waals surface area (Å²) in [6.07, 6.45) is 2.82. The first-order chi connectivity index (χ1) is 12.4. The summed E-state index contributed by atoms with van der Waals surface area (Å²) >= 11 is 0. The predicted molar refractivity (Wildman–Crippen MR) is 98.8 cm³/mol. The van der Waals surface area contributed by atoms with E-state index in [1.807, 2.05) is 19.0 Å². The second kappa shape index (κ2) is 7.89. The third-order valence-corrected chi connectivity index (χ3v) is 7.18. The van der Waals surface area contributed by atoms with Gasteiger partial charge in [0.15, 0.2) is 0 Å². The lowest BCUT2D eigenvalue weighted by Crippen LogP contribution is -2.51. The molecule has 1 aromatic heterocycles. The van der Waals surface area contributed by atoms with Crippen LogP contribution in [0.1, 0.15) is 23.2 Å². The molecule has 8 nitrogen and oxygen atoms in total. The highest BCUT2D eigenvalue weighted by atomic mass is 32.2. The van der Waals surface area contributed by atoms with Gasteiger partial charge >= 0.3 is 0 Å². The Morgan fingerprint density at radius 3 is 2.58 bits per heavy atom. The summed E-state index contributed by atoms with van der Waals surface area (Å²) in [6, 6.07) is 3.53. The average molecular weight is 382 g/mol. The van der Waals surface area contributed by atoms with Crippen molar-refractivity contribution in [2.24, 2.45) is 0 Å². The SMILES string of the molecule is CN(C)c1ccc(C(=O)N2CCCC(S(=O)(=O)N3CCOCC3)C2)cn1. The van der Waals surface area contributed by atoms with E-state index in [9.17, 15) is 13.2 Å². The number of nitrogens with zero attached hydrogens (tertiary/aromatic N) is 4. The highest BCUT2D eigenvalue weighted by Crippen LogP contribution is 2.23. The molecule has 1 unspecified atom stereocenters. The van der Waals surface area contributed by atoms with E-state index in [1.54, 1.807) is 23.2 Å². The van der Waals surface area contributed by atoms with Gasteiger partial charge in [-0.25, -0.2) is 13.4 Å². The smallest absolute Gasteiger partial charge is 0.255 e. The number of morpholine rings is 1. The summed E-state index contributed by atoms with van der Waals surface area (Å²) in [6.45, 7) is 2.44. The maximum Gasteiger partial charge on any atom is 0.255 e. The first-order valence-corrected chi connectivity index (χ1v) is 10.4. The van der Waals surface area contributed by atoms with Gasteiger partial charge in [-0.3, -0.25) is 4.79 Å². The fraction of sp³-hybridized carbons (Fsp3) is 0.647. The van der Waals surface area contributed by atoms with Crippen LogP contribution in [0.25, 0.3) is 0 Å². The van der Waals surface area contributed by atoms with Crippen LogP contribution in [0.3, 0.4) is 0 Å². The molecule has 1 atom stereocenters. The minimum Gasteiger partial charge on any atom is -0.379 e. The molecule has 0 aromatic carbocycles. The Balaban J connectivity index is 1.70. The van der Waals surface area contributed by atoms with Gasteiger partial charge in [-0.15, -0.1) is 0 Å². The third kappa shape index (κ3) is 3.99. The maximum atomic E-state index is 12.9. The van der Waals surface area contributed by atoms with Crippen molar-refractivity contribution in [1.29, 1.82) is 0 Å². The van der Waals surface area contributed by atoms with Crippen LogP contribution in [0, 0.1) is 0 Å². The molecular formula is C17H26N4O4S. The summed E-state index contributed by atoms with van der Waals surface area (Å²) in [5.74, 6) is 0.609. The molecule has 3 rings (SSSR count). The molecule has 0 radical (unpaired) electrons. The van der Waals surface area contributed by atoms with Gasteiger partial charge < -0.3 is 14.5 Å². The van der Waals surface area contributed by atoms with E-state index in [4.69, 9.17) is 4.74 Å². The van der Waals surface area contributed by atoms with Crippen LogP contribution in [-0.4, -0.2) is 87.3 Å². The number of ether oxygens (including phenoxy) is 1. The van der Waals surface area contributed by atoms with Gasteiger partial charge in [0.2, 0.25) is 10.0 Å². The summed E-state index contributed by atoms with van der Waals surface area (Å²) < 4.78 is 32.5. The molecule has 2 fully saturated rings. The first kappa shape index (κ1) is 19.1. The molecule has 1 amide bonds. The van der Waals surface area contributed by atoms with Crippen molar-refractivity contribution in [3.05, 3.63) is 23.9 Å². The number of sulfonamides is 1. The second-order valence-electron chi connectivity index (χ2n) is 6.87. The molecule has 0 saturated carbocycles. The third-order valence-electron chi connectivity index (χ3n) is 4.87. The van der Waals surface area contributed by atoms with E-state index in [0.29, 0.717) is 51.3 Å². The molecule has 2 aliphatic rings. The molecule has 144 valence electrons. The van der Waals surface area contributed by atoms with E-state index in [2.05, 4.69) is 4.98 Å². The first-order valence-electron chi connectivity index (χ1n) is 8.89. The highest BCUT2D eigenvalue weighted by molar-refractivity contribution is 7.89. The Bertz CT molecular complexity index is 730. The summed E-state index contributed by atoms with van der Waals surface area (Å²) in [5, 5.41) is -0.549. The van der Waals surface area contributed by atoms with Crippen LogP contribution in [0.2, 0.25) is 0 Å². The Morgan fingerprint density at radius 1 is 1.23 bits per heavy atom. The normalized spacial score (nSPS) is 22.2. The number of carbonyl (C=O) groups is 1. The van der Waals surface area contributed by atoms with E-state index in [-0.39, 0.29) is 12.5 Å². The van der Waals surface area contributed by atoms with Crippen LogP contribution >= 0.6 is 0 Å². The number of likely N-dealkylation sites (tertiary alicyclic amines) is 1. The summed E-state index contributed by atoms with van der Waals surface area (Å²) in [7, 11) is 0.354. The number of hydrogen-bond acceptors (Lipinski definition) is 6. The lowest BCUT2D eigenvalue weighted by atomic mass is 10.1. The number of rotatable bonds is 4. The van der Waals surface area contributed by atoms with Gasteiger partial charge in [-0.1, -0.05) is 0 Å². The minimum absolute atomic E-state index is 0.162. The number of hydrogen-bond donors (Lipinski definition) is 0. The molecule has 0 aliphatic carbocycles. The number of anilines is 1.